The third kappa shape index (κ3) is 4.30. The number of alkyl halides is 4. The molecule has 0 unspecified atom stereocenters. The maximum atomic E-state index is 14.2. The molecule has 1 N–H and O–H groups in total. The lowest BCUT2D eigenvalue weighted by Crippen LogP contribution is -2.45. The Balaban J connectivity index is 1.40. The normalized spacial score (nSPS) is 22.7. The van der Waals surface area contributed by atoms with E-state index in [2.05, 4.69) is 10.2 Å². The molecule has 182 valence electrons. The summed E-state index contributed by atoms with van der Waals surface area (Å²) in [5.74, 6) is 0.212. The van der Waals surface area contributed by atoms with E-state index in [0.29, 0.717) is 43.5 Å². The third-order valence-electron chi connectivity index (χ3n) is 6.93. The van der Waals surface area contributed by atoms with Crippen molar-refractivity contribution in [3.63, 3.8) is 0 Å². The number of phenols is 1. The Morgan fingerprint density at radius 1 is 1.21 bits per heavy atom. The number of carbonyl (C=O) groups excluding carboxylic acids is 1. The van der Waals surface area contributed by atoms with Crippen molar-refractivity contribution in [2.24, 2.45) is 5.92 Å². The summed E-state index contributed by atoms with van der Waals surface area (Å²) in [6.45, 7) is 2.80. The molecule has 1 saturated heterocycles. The average molecular weight is 478 g/mol. The van der Waals surface area contributed by atoms with Crippen LogP contribution in [0.15, 0.2) is 18.2 Å². The first kappa shape index (κ1) is 22.9. The Bertz CT molecular complexity index is 1100. The summed E-state index contributed by atoms with van der Waals surface area (Å²) >= 11 is 0. The number of phenolic OH excluding ortho intramolecular Hbond substituents is 1. The van der Waals surface area contributed by atoms with E-state index in [0.717, 1.165) is 30.9 Å². The molecule has 1 aliphatic carbocycles. The molecular formula is C24H26F4N4O2. The van der Waals surface area contributed by atoms with E-state index in [1.54, 1.807) is 11.0 Å². The van der Waals surface area contributed by atoms with Crippen LogP contribution in [0.5, 0.6) is 5.75 Å². The highest BCUT2D eigenvalue weighted by molar-refractivity contribution is 5.81. The van der Waals surface area contributed by atoms with Gasteiger partial charge in [0.05, 0.1) is 23.8 Å². The van der Waals surface area contributed by atoms with Gasteiger partial charge >= 0.3 is 6.18 Å². The highest BCUT2D eigenvalue weighted by Gasteiger charge is 2.42. The Morgan fingerprint density at radius 3 is 2.65 bits per heavy atom. The lowest BCUT2D eigenvalue weighted by atomic mass is 9.98. The minimum Gasteiger partial charge on any atom is -0.507 e. The van der Waals surface area contributed by atoms with Crippen LogP contribution in [0, 0.1) is 12.8 Å². The van der Waals surface area contributed by atoms with Gasteiger partial charge in [0.15, 0.2) is 5.82 Å². The summed E-state index contributed by atoms with van der Waals surface area (Å²) in [6.07, 6.45) is -2.03. The molecular weight excluding hydrogens is 452 g/mol. The van der Waals surface area contributed by atoms with E-state index in [4.69, 9.17) is 0 Å². The van der Waals surface area contributed by atoms with Crippen LogP contribution in [0.3, 0.4) is 0 Å². The molecule has 3 heterocycles. The molecule has 2 atom stereocenters. The second kappa shape index (κ2) is 8.39. The number of halogens is 4. The number of aromatic hydroxyl groups is 1. The van der Waals surface area contributed by atoms with Crippen molar-refractivity contribution in [3.05, 3.63) is 34.9 Å². The fourth-order valence-corrected chi connectivity index (χ4v) is 5.13. The summed E-state index contributed by atoms with van der Waals surface area (Å²) in [7, 11) is 0. The molecule has 1 saturated carbocycles. The highest BCUT2D eigenvalue weighted by atomic mass is 19.4. The molecule has 0 spiro atoms. The first-order valence-corrected chi connectivity index (χ1v) is 11.6. The number of hydrogen-bond acceptors (Lipinski definition) is 5. The highest BCUT2D eigenvalue weighted by Crippen LogP contribution is 2.40. The second-order valence-electron chi connectivity index (χ2n) is 9.56. The van der Waals surface area contributed by atoms with Crippen LogP contribution in [0.25, 0.3) is 11.3 Å². The fourth-order valence-electron chi connectivity index (χ4n) is 5.13. The zero-order chi connectivity index (χ0) is 24.2. The number of aromatic nitrogens is 2. The van der Waals surface area contributed by atoms with Crippen molar-refractivity contribution < 1.29 is 27.5 Å². The standard InChI is InChI=1S/C24H26F4N4O2/c1-13-7-16(24(26,27)28)9-20(33)21(13)19-8-15-3-2-6-31(22(15)30-29-19)12-18-10-17(25)11-32(18)23(34)14-4-5-14/h7-9,14,17-18,33H,2-6,10-12H2,1H3/t17-,18+/m1/s1. The Hall–Kier alpha value is -2.91. The molecule has 2 aliphatic heterocycles. The van der Waals surface area contributed by atoms with Crippen LogP contribution in [-0.2, 0) is 17.4 Å². The van der Waals surface area contributed by atoms with Crippen LogP contribution >= 0.6 is 0 Å². The van der Waals surface area contributed by atoms with Crippen LogP contribution in [0.2, 0.25) is 0 Å². The van der Waals surface area contributed by atoms with Gasteiger partial charge in [-0.1, -0.05) is 0 Å². The van der Waals surface area contributed by atoms with Gasteiger partial charge in [-0.3, -0.25) is 4.79 Å². The van der Waals surface area contributed by atoms with Crippen LogP contribution in [0.4, 0.5) is 23.4 Å². The van der Waals surface area contributed by atoms with E-state index in [9.17, 15) is 27.5 Å². The molecule has 5 rings (SSSR count). The number of amides is 1. The van der Waals surface area contributed by atoms with Gasteiger partial charge in [-0.25, -0.2) is 4.39 Å². The van der Waals surface area contributed by atoms with Crippen molar-refractivity contribution in [2.45, 2.75) is 57.4 Å². The number of hydrogen-bond donors (Lipinski definition) is 1. The molecule has 1 aromatic heterocycles. The van der Waals surface area contributed by atoms with Crippen LogP contribution in [0.1, 0.15) is 42.4 Å². The molecule has 3 aliphatic rings. The van der Waals surface area contributed by atoms with Crippen LogP contribution in [-0.4, -0.2) is 58.0 Å². The SMILES string of the molecule is Cc1cc(C(F)(F)F)cc(O)c1-c1cc2c(nn1)N(C[C@@H]1C[C@@H](F)CN1C(=O)C1CC1)CCC2. The molecule has 1 aromatic carbocycles. The molecule has 10 heteroatoms. The molecule has 2 fully saturated rings. The van der Waals surface area contributed by atoms with E-state index in [-0.39, 0.29) is 35.5 Å². The van der Waals surface area contributed by atoms with Gasteiger partial charge in [-0.05, 0) is 61.9 Å². The van der Waals surface area contributed by atoms with Gasteiger partial charge in [0, 0.05) is 31.0 Å². The van der Waals surface area contributed by atoms with Crippen molar-refractivity contribution in [3.8, 4) is 17.0 Å². The zero-order valence-corrected chi connectivity index (χ0v) is 18.8. The van der Waals surface area contributed by atoms with Crippen molar-refractivity contribution in [1.82, 2.24) is 15.1 Å². The topological polar surface area (TPSA) is 69.6 Å². The third-order valence-corrected chi connectivity index (χ3v) is 6.93. The lowest BCUT2D eigenvalue weighted by Gasteiger charge is -2.34. The molecule has 1 amide bonds. The van der Waals surface area contributed by atoms with E-state index >= 15 is 0 Å². The van der Waals surface area contributed by atoms with Gasteiger partial charge in [-0.15, -0.1) is 10.2 Å². The average Bonchev–Trinajstić information content (AvgIpc) is 3.55. The largest absolute Gasteiger partial charge is 0.507 e. The summed E-state index contributed by atoms with van der Waals surface area (Å²) in [5, 5.41) is 18.9. The number of nitrogens with zero attached hydrogens (tertiary/aromatic N) is 4. The number of anilines is 1. The minimum absolute atomic E-state index is 0.0310. The Morgan fingerprint density at radius 2 is 1.97 bits per heavy atom. The summed E-state index contributed by atoms with van der Waals surface area (Å²) < 4.78 is 53.4. The lowest BCUT2D eigenvalue weighted by molar-refractivity contribution is -0.137. The quantitative estimate of drug-likeness (QED) is 0.665. The smallest absolute Gasteiger partial charge is 0.416 e. The molecule has 0 bridgehead atoms. The number of likely N-dealkylation sites (tertiary alicyclic amines) is 1. The van der Waals surface area contributed by atoms with Gasteiger partial charge in [0.2, 0.25) is 5.91 Å². The second-order valence-corrected chi connectivity index (χ2v) is 9.56. The monoisotopic (exact) mass is 478 g/mol. The number of carbonyl (C=O) groups is 1. The van der Waals surface area contributed by atoms with Crippen molar-refractivity contribution in [1.29, 1.82) is 0 Å². The summed E-state index contributed by atoms with van der Waals surface area (Å²) in [5.41, 5.74) is 0.724. The van der Waals surface area contributed by atoms with Crippen molar-refractivity contribution in [2.75, 3.05) is 24.5 Å². The van der Waals surface area contributed by atoms with Crippen LogP contribution < -0.4 is 4.90 Å². The summed E-state index contributed by atoms with van der Waals surface area (Å²) in [4.78, 5) is 16.3. The summed E-state index contributed by atoms with van der Waals surface area (Å²) in [6, 6.07) is 3.22. The van der Waals surface area contributed by atoms with Gasteiger partial charge in [0.25, 0.3) is 0 Å². The van der Waals surface area contributed by atoms with E-state index in [1.807, 2.05) is 4.90 Å². The first-order valence-electron chi connectivity index (χ1n) is 11.6. The number of fused-ring (bicyclic) bond motifs is 1. The predicted molar refractivity (Wildman–Crippen MR) is 117 cm³/mol. The number of benzene rings is 1. The molecule has 0 radical (unpaired) electrons. The number of rotatable bonds is 4. The predicted octanol–water partition coefficient (Wildman–Crippen LogP) is 4.28. The van der Waals surface area contributed by atoms with E-state index < -0.39 is 23.7 Å². The van der Waals surface area contributed by atoms with Gasteiger partial charge in [0.1, 0.15) is 11.9 Å². The Labute approximate surface area is 194 Å². The maximum absolute atomic E-state index is 14.2. The first-order chi connectivity index (χ1) is 16.1. The van der Waals surface area contributed by atoms with Gasteiger partial charge in [-0.2, -0.15) is 13.2 Å². The fraction of sp³-hybridized carbons (Fsp3) is 0.542. The molecule has 6 nitrogen and oxygen atoms in total. The van der Waals surface area contributed by atoms with Gasteiger partial charge < -0.3 is 14.9 Å². The Kier molecular flexibility index (Phi) is 5.64. The molecule has 2 aromatic rings. The molecule has 34 heavy (non-hydrogen) atoms. The maximum Gasteiger partial charge on any atom is 0.416 e. The number of aryl methyl sites for hydroxylation is 2. The zero-order valence-electron chi connectivity index (χ0n) is 18.8. The van der Waals surface area contributed by atoms with Crippen molar-refractivity contribution >= 4 is 11.7 Å². The van der Waals surface area contributed by atoms with E-state index in [1.165, 1.54) is 6.92 Å². The minimum atomic E-state index is -4.56.